The molecule has 2 aromatic rings. The smallest absolute Gasteiger partial charge is 0.335 e. The van der Waals surface area contributed by atoms with Gasteiger partial charge in [0, 0.05) is 30.9 Å². The average Bonchev–Trinajstić information content (AvgIpc) is 2.94. The summed E-state index contributed by atoms with van der Waals surface area (Å²) in [6.07, 6.45) is 3.88. The second-order valence-electron chi connectivity index (χ2n) is 4.74. The number of hydrogen-bond donors (Lipinski definition) is 2. The molecule has 106 valence electrons. The lowest BCUT2D eigenvalue weighted by Crippen LogP contribution is -2.18. The van der Waals surface area contributed by atoms with Crippen LogP contribution in [0.4, 0.5) is 0 Å². The summed E-state index contributed by atoms with van der Waals surface area (Å²) in [5.74, 6) is -0.899. The molecule has 0 fully saturated rings. The van der Waals surface area contributed by atoms with E-state index in [4.69, 9.17) is 5.11 Å². The van der Waals surface area contributed by atoms with Crippen LogP contribution in [0.15, 0.2) is 36.7 Å². The number of nitrogens with one attached hydrogen (secondary N) is 1. The first-order chi connectivity index (χ1) is 9.60. The number of carboxylic acid groups (broad SMARTS) is 1. The number of aryl methyl sites for hydroxylation is 1. The van der Waals surface area contributed by atoms with Crippen LogP contribution in [0.3, 0.4) is 0 Å². The van der Waals surface area contributed by atoms with E-state index in [9.17, 15) is 4.79 Å². The molecule has 0 aliphatic carbocycles. The molecular formula is C15H19N3O2. The molecule has 5 heteroatoms. The largest absolute Gasteiger partial charge is 0.478 e. The normalized spacial score (nSPS) is 12.3. The highest BCUT2D eigenvalue weighted by Crippen LogP contribution is 2.13. The maximum absolute atomic E-state index is 10.9. The first kappa shape index (κ1) is 14.3. The first-order valence-corrected chi connectivity index (χ1v) is 6.68. The Kier molecular flexibility index (Phi) is 4.53. The predicted molar refractivity (Wildman–Crippen MR) is 76.6 cm³/mol. The van der Waals surface area contributed by atoms with E-state index < -0.39 is 5.97 Å². The van der Waals surface area contributed by atoms with Gasteiger partial charge < -0.3 is 10.4 Å². The molecule has 2 rings (SSSR count). The summed E-state index contributed by atoms with van der Waals surface area (Å²) in [5, 5.41) is 16.6. The van der Waals surface area contributed by atoms with E-state index in [1.807, 2.05) is 30.1 Å². The number of nitrogens with zero attached hydrogens (tertiary/aromatic N) is 2. The minimum Gasteiger partial charge on any atom is -0.478 e. The van der Waals surface area contributed by atoms with Crippen LogP contribution in [0.2, 0.25) is 0 Å². The van der Waals surface area contributed by atoms with Crippen LogP contribution in [0, 0.1) is 0 Å². The first-order valence-electron chi connectivity index (χ1n) is 6.68. The summed E-state index contributed by atoms with van der Waals surface area (Å²) in [4.78, 5) is 10.9. The zero-order valence-corrected chi connectivity index (χ0v) is 11.7. The van der Waals surface area contributed by atoms with Crippen LogP contribution < -0.4 is 5.32 Å². The monoisotopic (exact) mass is 273 g/mol. The average molecular weight is 273 g/mol. The molecule has 1 atom stereocenters. The fourth-order valence-electron chi connectivity index (χ4n) is 1.98. The Morgan fingerprint density at radius 1 is 1.50 bits per heavy atom. The van der Waals surface area contributed by atoms with Crippen molar-refractivity contribution in [3.63, 3.8) is 0 Å². The zero-order valence-electron chi connectivity index (χ0n) is 11.7. The lowest BCUT2D eigenvalue weighted by Gasteiger charge is -2.12. The molecule has 0 aliphatic heterocycles. The summed E-state index contributed by atoms with van der Waals surface area (Å²) < 4.78 is 1.89. The summed E-state index contributed by atoms with van der Waals surface area (Å²) in [7, 11) is 0. The summed E-state index contributed by atoms with van der Waals surface area (Å²) in [6.45, 7) is 5.59. The third-order valence-corrected chi connectivity index (χ3v) is 3.26. The molecule has 0 aliphatic rings. The molecule has 20 heavy (non-hydrogen) atoms. The summed E-state index contributed by atoms with van der Waals surface area (Å²) >= 11 is 0. The van der Waals surface area contributed by atoms with Gasteiger partial charge in [0.25, 0.3) is 0 Å². The van der Waals surface area contributed by atoms with Gasteiger partial charge in [-0.1, -0.05) is 12.1 Å². The number of hydrogen-bond acceptors (Lipinski definition) is 3. The summed E-state index contributed by atoms with van der Waals surface area (Å²) in [6, 6.07) is 7.14. The third kappa shape index (κ3) is 3.45. The molecule has 0 radical (unpaired) electrons. The second kappa shape index (κ2) is 6.34. The van der Waals surface area contributed by atoms with Gasteiger partial charge in [-0.25, -0.2) is 4.79 Å². The number of aromatic carboxylic acids is 1. The lowest BCUT2D eigenvalue weighted by molar-refractivity contribution is 0.0696. The van der Waals surface area contributed by atoms with Crippen molar-refractivity contribution < 1.29 is 9.90 Å². The Hall–Kier alpha value is -2.14. The number of carbonyl (C=O) groups is 1. The number of benzene rings is 1. The SMILES string of the molecule is CCn1cc(C(C)NCc2cccc(C(=O)O)c2)cn1. The van der Waals surface area contributed by atoms with Gasteiger partial charge in [0.2, 0.25) is 0 Å². The molecule has 2 N–H and O–H groups in total. The highest BCUT2D eigenvalue weighted by molar-refractivity contribution is 5.87. The van der Waals surface area contributed by atoms with Gasteiger partial charge in [-0.15, -0.1) is 0 Å². The molecule has 1 unspecified atom stereocenters. The lowest BCUT2D eigenvalue weighted by atomic mass is 10.1. The van der Waals surface area contributed by atoms with Crippen molar-refractivity contribution in [2.45, 2.75) is 33.0 Å². The maximum Gasteiger partial charge on any atom is 0.335 e. The molecule has 0 amide bonds. The van der Waals surface area contributed by atoms with Gasteiger partial charge in [-0.2, -0.15) is 5.10 Å². The number of rotatable bonds is 6. The topological polar surface area (TPSA) is 67.2 Å². The van der Waals surface area contributed by atoms with Gasteiger partial charge in [-0.3, -0.25) is 4.68 Å². The van der Waals surface area contributed by atoms with Crippen molar-refractivity contribution in [2.75, 3.05) is 0 Å². The second-order valence-corrected chi connectivity index (χ2v) is 4.74. The van der Waals surface area contributed by atoms with Gasteiger partial charge in [0.1, 0.15) is 0 Å². The van der Waals surface area contributed by atoms with Crippen LogP contribution in [0.1, 0.15) is 41.4 Å². The van der Waals surface area contributed by atoms with E-state index in [1.54, 1.807) is 18.2 Å². The Morgan fingerprint density at radius 3 is 2.95 bits per heavy atom. The fourth-order valence-corrected chi connectivity index (χ4v) is 1.98. The van der Waals surface area contributed by atoms with Crippen molar-refractivity contribution in [1.82, 2.24) is 15.1 Å². The van der Waals surface area contributed by atoms with Crippen LogP contribution in [0.5, 0.6) is 0 Å². The molecule has 0 saturated carbocycles. The van der Waals surface area contributed by atoms with E-state index >= 15 is 0 Å². The van der Waals surface area contributed by atoms with Crippen LogP contribution in [-0.2, 0) is 13.1 Å². The Balaban J connectivity index is 1.97. The van der Waals surface area contributed by atoms with Gasteiger partial charge in [-0.05, 0) is 31.5 Å². The van der Waals surface area contributed by atoms with Gasteiger partial charge in [0.05, 0.1) is 11.8 Å². The minimum absolute atomic E-state index is 0.170. The van der Waals surface area contributed by atoms with Gasteiger partial charge in [0.15, 0.2) is 0 Å². The molecule has 5 nitrogen and oxygen atoms in total. The van der Waals surface area contributed by atoms with Crippen molar-refractivity contribution >= 4 is 5.97 Å². The van der Waals surface area contributed by atoms with E-state index in [-0.39, 0.29) is 6.04 Å². The van der Waals surface area contributed by atoms with Crippen molar-refractivity contribution in [3.8, 4) is 0 Å². The van der Waals surface area contributed by atoms with Crippen molar-refractivity contribution in [2.24, 2.45) is 0 Å². The quantitative estimate of drug-likeness (QED) is 0.848. The van der Waals surface area contributed by atoms with Crippen LogP contribution in [0.25, 0.3) is 0 Å². The molecule has 1 heterocycles. The Bertz CT molecular complexity index is 592. The zero-order chi connectivity index (χ0) is 14.5. The molecular weight excluding hydrogens is 254 g/mol. The minimum atomic E-state index is -0.899. The fraction of sp³-hybridized carbons (Fsp3) is 0.333. The molecule has 0 saturated heterocycles. The highest BCUT2D eigenvalue weighted by atomic mass is 16.4. The molecule has 0 spiro atoms. The molecule has 0 bridgehead atoms. The maximum atomic E-state index is 10.9. The summed E-state index contributed by atoms with van der Waals surface area (Å²) in [5.41, 5.74) is 2.40. The van der Waals surface area contributed by atoms with Crippen molar-refractivity contribution in [3.05, 3.63) is 53.3 Å². The number of aromatic nitrogens is 2. The van der Waals surface area contributed by atoms with Gasteiger partial charge >= 0.3 is 5.97 Å². The van der Waals surface area contributed by atoms with E-state index in [2.05, 4.69) is 17.3 Å². The van der Waals surface area contributed by atoms with Crippen LogP contribution in [-0.4, -0.2) is 20.9 Å². The Morgan fingerprint density at radius 2 is 2.30 bits per heavy atom. The van der Waals surface area contributed by atoms with Crippen LogP contribution >= 0.6 is 0 Å². The highest BCUT2D eigenvalue weighted by Gasteiger charge is 2.08. The number of carboxylic acids is 1. The molecule has 1 aromatic heterocycles. The van der Waals surface area contributed by atoms with Crippen molar-refractivity contribution in [1.29, 1.82) is 0 Å². The molecule has 1 aromatic carbocycles. The standard InChI is InChI=1S/C15H19N3O2/c1-3-18-10-14(9-17-18)11(2)16-8-12-5-4-6-13(7-12)15(19)20/h4-7,9-11,16H,3,8H2,1-2H3,(H,19,20). The Labute approximate surface area is 118 Å². The predicted octanol–water partition coefficient (Wildman–Crippen LogP) is 2.45. The van der Waals surface area contributed by atoms with E-state index in [0.29, 0.717) is 12.1 Å². The third-order valence-electron chi connectivity index (χ3n) is 3.26. The van der Waals surface area contributed by atoms with E-state index in [0.717, 1.165) is 17.7 Å². The van der Waals surface area contributed by atoms with E-state index in [1.165, 1.54) is 0 Å².